The van der Waals surface area contributed by atoms with Crippen LogP contribution in [0, 0.1) is 0 Å². The first kappa shape index (κ1) is 21.2. The van der Waals surface area contributed by atoms with Crippen molar-refractivity contribution in [1.82, 2.24) is 4.72 Å². The normalized spacial score (nSPS) is 16.2. The fraction of sp³-hybridized carbons (Fsp3) is 0.208. The molecular weight excluding hydrogens is 412 g/mol. The van der Waals surface area contributed by atoms with Gasteiger partial charge in [-0.2, -0.15) is 0 Å². The predicted molar refractivity (Wildman–Crippen MR) is 120 cm³/mol. The Hall–Kier alpha value is -3.00. The third kappa shape index (κ3) is 5.38. The summed E-state index contributed by atoms with van der Waals surface area (Å²) in [5, 5.41) is 2.84. The maximum absolute atomic E-state index is 12.5. The number of hydrogen-bond acceptors (Lipinski definition) is 4. The number of ether oxygens (including phenoxy) is 1. The molecule has 1 fully saturated rings. The van der Waals surface area contributed by atoms with Gasteiger partial charge in [-0.25, -0.2) is 13.1 Å². The third-order valence-corrected chi connectivity index (χ3v) is 6.64. The molecule has 3 aromatic carbocycles. The third-order valence-electron chi connectivity index (χ3n) is 5.20. The van der Waals surface area contributed by atoms with Crippen LogP contribution in [0.1, 0.15) is 23.2 Å². The molecule has 7 heteroatoms. The Morgan fingerprint density at radius 2 is 1.58 bits per heavy atom. The van der Waals surface area contributed by atoms with Gasteiger partial charge in [0.2, 0.25) is 10.0 Å². The van der Waals surface area contributed by atoms with E-state index in [9.17, 15) is 13.2 Å². The molecule has 1 aliphatic rings. The number of sulfonamides is 1. The van der Waals surface area contributed by atoms with Crippen LogP contribution in [0.15, 0.2) is 83.8 Å². The van der Waals surface area contributed by atoms with Gasteiger partial charge in [0, 0.05) is 24.4 Å². The number of hydrogen-bond donors (Lipinski definition) is 2. The smallest absolute Gasteiger partial charge is 0.255 e. The van der Waals surface area contributed by atoms with Crippen molar-refractivity contribution in [2.45, 2.75) is 23.8 Å². The number of anilines is 1. The topological polar surface area (TPSA) is 84.5 Å². The van der Waals surface area contributed by atoms with Crippen molar-refractivity contribution in [3.63, 3.8) is 0 Å². The highest BCUT2D eigenvalue weighted by molar-refractivity contribution is 7.89. The van der Waals surface area contributed by atoms with Gasteiger partial charge in [-0.3, -0.25) is 4.79 Å². The summed E-state index contributed by atoms with van der Waals surface area (Å²) in [6.07, 6.45) is 1.73. The largest absolute Gasteiger partial charge is 0.377 e. The Morgan fingerprint density at radius 1 is 0.903 bits per heavy atom. The highest BCUT2D eigenvalue weighted by atomic mass is 32.2. The van der Waals surface area contributed by atoms with Crippen molar-refractivity contribution >= 4 is 21.6 Å². The minimum Gasteiger partial charge on any atom is -0.377 e. The van der Waals surface area contributed by atoms with E-state index in [1.165, 1.54) is 24.3 Å². The lowest BCUT2D eigenvalue weighted by molar-refractivity contribution is 0.102. The second kappa shape index (κ2) is 9.43. The molecule has 4 rings (SSSR count). The lowest BCUT2D eigenvalue weighted by Crippen LogP contribution is -2.31. The molecule has 1 heterocycles. The Labute approximate surface area is 182 Å². The lowest BCUT2D eigenvalue weighted by Gasteiger charge is -2.12. The van der Waals surface area contributed by atoms with Crippen LogP contribution in [-0.4, -0.2) is 33.6 Å². The zero-order valence-corrected chi connectivity index (χ0v) is 17.8. The Bertz CT molecular complexity index is 1120. The summed E-state index contributed by atoms with van der Waals surface area (Å²) < 4.78 is 32.9. The molecule has 31 heavy (non-hydrogen) atoms. The second-order valence-electron chi connectivity index (χ2n) is 7.41. The van der Waals surface area contributed by atoms with Crippen LogP contribution in [0.5, 0.6) is 0 Å². The molecule has 1 atom stereocenters. The molecule has 1 unspecified atom stereocenters. The van der Waals surface area contributed by atoms with Crippen molar-refractivity contribution < 1.29 is 17.9 Å². The van der Waals surface area contributed by atoms with Gasteiger partial charge in [0.1, 0.15) is 0 Å². The van der Waals surface area contributed by atoms with Crippen molar-refractivity contribution in [3.05, 3.63) is 84.4 Å². The molecule has 0 aromatic heterocycles. The minimum atomic E-state index is -3.64. The summed E-state index contributed by atoms with van der Waals surface area (Å²) in [6, 6.07) is 23.4. The molecule has 1 saturated heterocycles. The number of rotatable bonds is 7. The minimum absolute atomic E-state index is 0.0758. The predicted octanol–water partition coefficient (Wildman–Crippen LogP) is 4.06. The van der Waals surface area contributed by atoms with Gasteiger partial charge >= 0.3 is 0 Å². The summed E-state index contributed by atoms with van der Waals surface area (Å²) in [7, 11) is -3.64. The summed E-state index contributed by atoms with van der Waals surface area (Å²) in [5.74, 6) is -0.302. The van der Waals surface area contributed by atoms with E-state index < -0.39 is 10.0 Å². The van der Waals surface area contributed by atoms with E-state index in [1.807, 2.05) is 54.6 Å². The molecular formula is C24H24N2O4S. The van der Waals surface area contributed by atoms with Crippen LogP contribution >= 0.6 is 0 Å². The molecule has 3 aromatic rings. The Morgan fingerprint density at radius 3 is 2.23 bits per heavy atom. The zero-order chi connectivity index (χ0) is 21.7. The van der Waals surface area contributed by atoms with E-state index in [0.29, 0.717) is 17.9 Å². The van der Waals surface area contributed by atoms with Gasteiger partial charge in [0.25, 0.3) is 5.91 Å². The maximum Gasteiger partial charge on any atom is 0.255 e. The molecule has 2 N–H and O–H groups in total. The van der Waals surface area contributed by atoms with E-state index in [0.717, 1.165) is 24.0 Å². The van der Waals surface area contributed by atoms with Crippen molar-refractivity contribution in [2.24, 2.45) is 0 Å². The summed E-state index contributed by atoms with van der Waals surface area (Å²) in [6.45, 7) is 0.925. The van der Waals surface area contributed by atoms with Crippen LogP contribution in [-0.2, 0) is 14.8 Å². The van der Waals surface area contributed by atoms with E-state index >= 15 is 0 Å². The lowest BCUT2D eigenvalue weighted by atomic mass is 10.1. The monoisotopic (exact) mass is 436 g/mol. The molecule has 1 amide bonds. The van der Waals surface area contributed by atoms with Gasteiger partial charge in [-0.15, -0.1) is 0 Å². The van der Waals surface area contributed by atoms with Crippen molar-refractivity contribution in [1.29, 1.82) is 0 Å². The summed E-state index contributed by atoms with van der Waals surface area (Å²) in [4.78, 5) is 12.7. The first-order valence-electron chi connectivity index (χ1n) is 10.2. The van der Waals surface area contributed by atoms with E-state index in [4.69, 9.17) is 4.74 Å². The van der Waals surface area contributed by atoms with Gasteiger partial charge in [0.05, 0.1) is 11.0 Å². The molecule has 0 bridgehead atoms. The van der Waals surface area contributed by atoms with E-state index in [1.54, 1.807) is 0 Å². The van der Waals surface area contributed by atoms with Crippen molar-refractivity contribution in [2.75, 3.05) is 18.5 Å². The molecule has 0 radical (unpaired) electrons. The second-order valence-corrected chi connectivity index (χ2v) is 9.18. The van der Waals surface area contributed by atoms with Crippen LogP contribution in [0.3, 0.4) is 0 Å². The summed E-state index contributed by atoms with van der Waals surface area (Å²) >= 11 is 0. The summed E-state index contributed by atoms with van der Waals surface area (Å²) in [5.41, 5.74) is 3.21. The van der Waals surface area contributed by atoms with Gasteiger partial charge in [-0.1, -0.05) is 42.5 Å². The molecule has 0 saturated carbocycles. The standard InChI is InChI=1S/C24H24N2O4S/c27-24(26-21-12-8-19(9-13-21)18-5-2-1-3-6-18)20-10-14-23(15-11-20)31(28,29)25-17-22-7-4-16-30-22/h1-3,5-6,8-15,22,25H,4,7,16-17H2,(H,26,27). The first-order chi connectivity index (χ1) is 15.0. The van der Waals surface area contributed by atoms with Crippen molar-refractivity contribution in [3.8, 4) is 11.1 Å². The number of carbonyl (C=O) groups is 1. The maximum atomic E-state index is 12.5. The molecule has 0 aliphatic carbocycles. The fourth-order valence-electron chi connectivity index (χ4n) is 3.46. The highest BCUT2D eigenvalue weighted by Gasteiger charge is 2.20. The highest BCUT2D eigenvalue weighted by Crippen LogP contribution is 2.21. The fourth-order valence-corrected chi connectivity index (χ4v) is 4.52. The number of carbonyl (C=O) groups excluding carboxylic acids is 1. The van der Waals surface area contributed by atoms with Crippen LogP contribution in [0.25, 0.3) is 11.1 Å². The van der Waals surface area contributed by atoms with Gasteiger partial charge in [0.15, 0.2) is 0 Å². The van der Waals surface area contributed by atoms with Gasteiger partial charge < -0.3 is 10.1 Å². The molecule has 160 valence electrons. The SMILES string of the molecule is O=C(Nc1ccc(-c2ccccc2)cc1)c1ccc(S(=O)(=O)NCC2CCCO2)cc1. The van der Waals surface area contributed by atoms with Crippen LogP contribution in [0.2, 0.25) is 0 Å². The quantitative estimate of drug-likeness (QED) is 0.585. The Kier molecular flexibility index (Phi) is 6.46. The molecule has 6 nitrogen and oxygen atoms in total. The van der Waals surface area contributed by atoms with Crippen LogP contribution in [0.4, 0.5) is 5.69 Å². The van der Waals surface area contributed by atoms with E-state index in [2.05, 4.69) is 10.0 Å². The average molecular weight is 437 g/mol. The van der Waals surface area contributed by atoms with Crippen LogP contribution < -0.4 is 10.0 Å². The zero-order valence-electron chi connectivity index (χ0n) is 17.0. The number of benzene rings is 3. The molecule has 1 aliphatic heterocycles. The molecule has 0 spiro atoms. The number of amides is 1. The van der Waals surface area contributed by atoms with E-state index in [-0.39, 0.29) is 23.5 Å². The van der Waals surface area contributed by atoms with Gasteiger partial charge in [-0.05, 0) is 60.4 Å². The Balaban J connectivity index is 1.37. The first-order valence-corrected chi connectivity index (χ1v) is 11.7. The number of nitrogens with one attached hydrogen (secondary N) is 2. The average Bonchev–Trinajstić information content (AvgIpc) is 3.33.